The van der Waals surface area contributed by atoms with Crippen molar-refractivity contribution >= 4 is 5.69 Å². The lowest BCUT2D eigenvalue weighted by Crippen LogP contribution is -2.12. The first-order chi connectivity index (χ1) is 8.46. The number of aromatic nitrogens is 2. The number of rotatable bonds is 3. The minimum absolute atomic E-state index is 0.145. The molecule has 3 nitrogen and oxygen atoms in total. The van der Waals surface area contributed by atoms with Crippen molar-refractivity contribution in [3.8, 4) is 11.4 Å². The molecule has 0 aliphatic heterocycles. The monoisotopic (exact) mass is 255 g/mol. The zero-order valence-electron chi connectivity index (χ0n) is 9.48. The molecule has 1 aromatic heterocycles. The van der Waals surface area contributed by atoms with E-state index in [0.717, 1.165) is 0 Å². The molecule has 0 atom stereocenters. The number of alkyl halides is 3. The van der Waals surface area contributed by atoms with Gasteiger partial charge < -0.3 is 10.3 Å². The lowest BCUT2D eigenvalue weighted by atomic mass is 10.2. The topological polar surface area (TPSA) is 43.8 Å². The molecule has 18 heavy (non-hydrogen) atoms. The number of nitrogens with two attached hydrogens (primary N) is 1. The molecule has 2 N–H and O–H groups in total. The molecule has 0 bridgehead atoms. The van der Waals surface area contributed by atoms with E-state index in [4.69, 9.17) is 5.73 Å². The minimum Gasteiger partial charge on any atom is -0.399 e. The second-order valence-corrected chi connectivity index (χ2v) is 3.93. The van der Waals surface area contributed by atoms with Crippen LogP contribution in [-0.2, 0) is 6.54 Å². The number of anilines is 1. The van der Waals surface area contributed by atoms with Gasteiger partial charge in [0.2, 0.25) is 0 Å². The van der Waals surface area contributed by atoms with E-state index in [1.807, 2.05) is 0 Å². The van der Waals surface area contributed by atoms with Crippen LogP contribution < -0.4 is 5.73 Å². The van der Waals surface area contributed by atoms with Gasteiger partial charge in [0.15, 0.2) is 0 Å². The van der Waals surface area contributed by atoms with E-state index in [1.54, 1.807) is 24.3 Å². The molecule has 0 radical (unpaired) electrons. The number of hydrogen-bond donors (Lipinski definition) is 1. The van der Waals surface area contributed by atoms with Crippen LogP contribution in [0.5, 0.6) is 0 Å². The Kier molecular flexibility index (Phi) is 3.27. The molecule has 1 heterocycles. The summed E-state index contributed by atoms with van der Waals surface area (Å²) in [5.41, 5.74) is 6.90. The first-order valence-electron chi connectivity index (χ1n) is 5.39. The Hall–Kier alpha value is -1.98. The Morgan fingerprint density at radius 1 is 1.28 bits per heavy atom. The van der Waals surface area contributed by atoms with Crippen LogP contribution in [0, 0.1) is 0 Å². The van der Waals surface area contributed by atoms with Gasteiger partial charge in [-0.05, 0) is 12.1 Å². The summed E-state index contributed by atoms with van der Waals surface area (Å²) in [6.45, 7) is -0.145. The second-order valence-electron chi connectivity index (χ2n) is 3.93. The summed E-state index contributed by atoms with van der Waals surface area (Å²) in [4.78, 5) is 4.07. The summed E-state index contributed by atoms with van der Waals surface area (Å²) < 4.78 is 38.1. The largest absolute Gasteiger partial charge is 0.399 e. The maximum Gasteiger partial charge on any atom is 0.390 e. The molecule has 0 spiro atoms. The third kappa shape index (κ3) is 3.03. The normalized spacial score (nSPS) is 11.7. The number of nitrogen functional groups attached to an aromatic ring is 1. The molecule has 96 valence electrons. The van der Waals surface area contributed by atoms with Crippen LogP contribution in [0.25, 0.3) is 11.4 Å². The van der Waals surface area contributed by atoms with Crippen LogP contribution in [-0.4, -0.2) is 15.7 Å². The van der Waals surface area contributed by atoms with Gasteiger partial charge >= 0.3 is 6.18 Å². The maximum absolute atomic E-state index is 12.2. The predicted molar refractivity (Wildman–Crippen MR) is 62.7 cm³/mol. The van der Waals surface area contributed by atoms with Gasteiger partial charge in [-0.1, -0.05) is 12.1 Å². The first-order valence-corrected chi connectivity index (χ1v) is 5.39. The van der Waals surface area contributed by atoms with E-state index in [0.29, 0.717) is 17.1 Å². The van der Waals surface area contributed by atoms with Crippen molar-refractivity contribution in [2.75, 3.05) is 5.73 Å². The highest BCUT2D eigenvalue weighted by Crippen LogP contribution is 2.24. The van der Waals surface area contributed by atoms with Gasteiger partial charge in [-0.15, -0.1) is 0 Å². The third-order valence-electron chi connectivity index (χ3n) is 2.50. The fraction of sp³-hybridized carbons (Fsp3) is 0.250. The van der Waals surface area contributed by atoms with E-state index in [-0.39, 0.29) is 6.54 Å². The van der Waals surface area contributed by atoms with Gasteiger partial charge in [0.05, 0.1) is 6.42 Å². The van der Waals surface area contributed by atoms with Crippen LogP contribution >= 0.6 is 0 Å². The SMILES string of the molecule is Nc1cccc(-c2nccn2CCC(F)(F)F)c1. The van der Waals surface area contributed by atoms with E-state index in [1.165, 1.54) is 17.0 Å². The van der Waals surface area contributed by atoms with Crippen LogP contribution in [0.4, 0.5) is 18.9 Å². The van der Waals surface area contributed by atoms with Crippen molar-refractivity contribution in [3.05, 3.63) is 36.7 Å². The Bertz CT molecular complexity index is 531. The highest BCUT2D eigenvalue weighted by molar-refractivity contribution is 5.61. The van der Waals surface area contributed by atoms with Gasteiger partial charge in [-0.25, -0.2) is 4.98 Å². The van der Waals surface area contributed by atoms with Crippen molar-refractivity contribution < 1.29 is 13.2 Å². The zero-order valence-corrected chi connectivity index (χ0v) is 9.48. The number of aryl methyl sites for hydroxylation is 1. The quantitative estimate of drug-likeness (QED) is 0.856. The molecule has 2 aromatic rings. The molecular formula is C12H12F3N3. The molecule has 0 amide bonds. The molecule has 0 aliphatic carbocycles. The van der Waals surface area contributed by atoms with Gasteiger partial charge in [-0.3, -0.25) is 0 Å². The van der Waals surface area contributed by atoms with E-state index < -0.39 is 12.6 Å². The Morgan fingerprint density at radius 3 is 2.72 bits per heavy atom. The van der Waals surface area contributed by atoms with Gasteiger partial charge in [-0.2, -0.15) is 13.2 Å². The third-order valence-corrected chi connectivity index (χ3v) is 2.50. The highest BCUT2D eigenvalue weighted by atomic mass is 19.4. The molecule has 2 rings (SSSR count). The summed E-state index contributed by atoms with van der Waals surface area (Å²) in [6, 6.07) is 6.91. The number of benzene rings is 1. The lowest BCUT2D eigenvalue weighted by molar-refractivity contribution is -0.136. The standard InChI is InChI=1S/C12H12F3N3/c13-12(14,15)4-6-18-7-5-17-11(18)9-2-1-3-10(16)8-9/h1-3,5,7-8H,4,6,16H2. The molecule has 0 unspecified atom stereocenters. The molecule has 6 heteroatoms. The fourth-order valence-electron chi connectivity index (χ4n) is 1.67. The molecular weight excluding hydrogens is 243 g/mol. The molecule has 0 fully saturated rings. The molecule has 1 aromatic carbocycles. The average molecular weight is 255 g/mol. The smallest absolute Gasteiger partial charge is 0.390 e. The zero-order chi connectivity index (χ0) is 13.2. The van der Waals surface area contributed by atoms with Crippen LogP contribution in [0.2, 0.25) is 0 Å². The van der Waals surface area contributed by atoms with Gasteiger partial charge in [0.1, 0.15) is 5.82 Å². The summed E-state index contributed by atoms with van der Waals surface area (Å²) in [6.07, 6.45) is -2.03. The van der Waals surface area contributed by atoms with Crippen molar-refractivity contribution in [1.29, 1.82) is 0 Å². The Labute approximate surface area is 102 Å². The number of imidazole rings is 1. The van der Waals surface area contributed by atoms with E-state index in [2.05, 4.69) is 4.98 Å². The molecule has 0 saturated carbocycles. The highest BCUT2D eigenvalue weighted by Gasteiger charge is 2.27. The van der Waals surface area contributed by atoms with Crippen molar-refractivity contribution in [1.82, 2.24) is 9.55 Å². The Morgan fingerprint density at radius 2 is 2.06 bits per heavy atom. The minimum atomic E-state index is -4.17. The first kappa shape index (κ1) is 12.5. The summed E-state index contributed by atoms with van der Waals surface area (Å²) in [5, 5.41) is 0. The number of nitrogens with zero attached hydrogens (tertiary/aromatic N) is 2. The number of halogens is 3. The van der Waals surface area contributed by atoms with Crippen LogP contribution in [0.1, 0.15) is 6.42 Å². The van der Waals surface area contributed by atoms with E-state index >= 15 is 0 Å². The van der Waals surface area contributed by atoms with Crippen molar-refractivity contribution in [2.45, 2.75) is 19.1 Å². The lowest BCUT2D eigenvalue weighted by Gasteiger charge is -2.10. The second kappa shape index (κ2) is 4.72. The predicted octanol–water partition coefficient (Wildman–Crippen LogP) is 3.08. The van der Waals surface area contributed by atoms with Gasteiger partial charge in [0, 0.05) is 30.2 Å². The molecule has 0 saturated heterocycles. The van der Waals surface area contributed by atoms with Crippen molar-refractivity contribution in [3.63, 3.8) is 0 Å². The van der Waals surface area contributed by atoms with Gasteiger partial charge in [0.25, 0.3) is 0 Å². The van der Waals surface area contributed by atoms with E-state index in [9.17, 15) is 13.2 Å². The maximum atomic E-state index is 12.2. The summed E-state index contributed by atoms with van der Waals surface area (Å²) >= 11 is 0. The van der Waals surface area contributed by atoms with Crippen LogP contribution in [0.3, 0.4) is 0 Å². The fourth-order valence-corrected chi connectivity index (χ4v) is 1.67. The van der Waals surface area contributed by atoms with Crippen LogP contribution in [0.15, 0.2) is 36.7 Å². The number of hydrogen-bond acceptors (Lipinski definition) is 2. The average Bonchev–Trinajstić information content (AvgIpc) is 2.73. The molecule has 0 aliphatic rings. The summed E-state index contributed by atoms with van der Waals surface area (Å²) in [7, 11) is 0. The van der Waals surface area contributed by atoms with Crippen molar-refractivity contribution in [2.24, 2.45) is 0 Å². The summed E-state index contributed by atoms with van der Waals surface area (Å²) in [5.74, 6) is 0.492. The Balaban J connectivity index is 2.23.